The van der Waals surface area contributed by atoms with Crippen LogP contribution in [0.1, 0.15) is 44.0 Å². The van der Waals surface area contributed by atoms with Crippen molar-refractivity contribution in [2.75, 3.05) is 5.75 Å². The number of pyridine rings is 1. The SMILES string of the molecule is CC(C)CCC(C)NC(=O)CSc1ccc(C(=O)O)cn1. The van der Waals surface area contributed by atoms with Gasteiger partial charge in [0.1, 0.15) is 0 Å². The molecule has 1 unspecified atom stereocenters. The number of aromatic nitrogens is 1. The zero-order chi connectivity index (χ0) is 15.8. The summed E-state index contributed by atoms with van der Waals surface area (Å²) in [6.07, 6.45) is 3.36. The Balaban J connectivity index is 2.34. The topological polar surface area (TPSA) is 79.3 Å². The second-order valence-electron chi connectivity index (χ2n) is 5.42. The van der Waals surface area contributed by atoms with Crippen LogP contribution in [0.5, 0.6) is 0 Å². The monoisotopic (exact) mass is 310 g/mol. The van der Waals surface area contributed by atoms with Crippen molar-refractivity contribution in [2.45, 2.75) is 44.7 Å². The molecule has 0 aliphatic carbocycles. The van der Waals surface area contributed by atoms with Crippen LogP contribution in [0, 0.1) is 5.92 Å². The van der Waals surface area contributed by atoms with Crippen LogP contribution in [0.25, 0.3) is 0 Å². The van der Waals surface area contributed by atoms with Gasteiger partial charge in [-0.15, -0.1) is 0 Å². The molecule has 1 aromatic heterocycles. The van der Waals surface area contributed by atoms with E-state index in [-0.39, 0.29) is 23.3 Å². The van der Waals surface area contributed by atoms with E-state index in [1.807, 2.05) is 6.92 Å². The van der Waals surface area contributed by atoms with Gasteiger partial charge in [0.15, 0.2) is 0 Å². The molecule has 0 saturated heterocycles. The normalized spacial score (nSPS) is 12.2. The van der Waals surface area contributed by atoms with Crippen LogP contribution in [-0.4, -0.2) is 33.8 Å². The number of nitrogens with one attached hydrogen (secondary N) is 1. The van der Waals surface area contributed by atoms with Gasteiger partial charge in [-0.3, -0.25) is 4.79 Å². The van der Waals surface area contributed by atoms with Gasteiger partial charge in [0.2, 0.25) is 5.91 Å². The lowest BCUT2D eigenvalue weighted by atomic mass is 10.0. The maximum Gasteiger partial charge on any atom is 0.337 e. The molecule has 0 fully saturated rings. The quantitative estimate of drug-likeness (QED) is 0.722. The molecule has 0 bridgehead atoms. The summed E-state index contributed by atoms with van der Waals surface area (Å²) in [5, 5.41) is 12.4. The highest BCUT2D eigenvalue weighted by molar-refractivity contribution is 7.99. The maximum absolute atomic E-state index is 11.8. The molecule has 0 spiro atoms. The van der Waals surface area contributed by atoms with Crippen LogP contribution in [0.15, 0.2) is 23.4 Å². The third-order valence-electron chi connectivity index (χ3n) is 2.92. The first-order valence-corrected chi connectivity index (χ1v) is 7.98. The summed E-state index contributed by atoms with van der Waals surface area (Å²) >= 11 is 1.30. The number of rotatable bonds is 8. The van der Waals surface area contributed by atoms with E-state index in [4.69, 9.17) is 5.11 Å². The van der Waals surface area contributed by atoms with Gasteiger partial charge in [0, 0.05) is 12.2 Å². The minimum atomic E-state index is -1.00. The third kappa shape index (κ3) is 7.13. The summed E-state index contributed by atoms with van der Waals surface area (Å²) in [6.45, 7) is 6.33. The summed E-state index contributed by atoms with van der Waals surface area (Å²) in [5.41, 5.74) is 0.145. The van der Waals surface area contributed by atoms with Crippen molar-refractivity contribution in [3.05, 3.63) is 23.9 Å². The van der Waals surface area contributed by atoms with Crippen LogP contribution in [0.3, 0.4) is 0 Å². The number of carboxylic acids is 1. The first kappa shape index (κ1) is 17.5. The van der Waals surface area contributed by atoms with Crippen molar-refractivity contribution in [3.8, 4) is 0 Å². The van der Waals surface area contributed by atoms with Crippen molar-refractivity contribution < 1.29 is 14.7 Å². The average Bonchev–Trinajstić information content (AvgIpc) is 2.43. The van der Waals surface area contributed by atoms with Crippen LogP contribution < -0.4 is 5.32 Å². The molecule has 5 nitrogen and oxygen atoms in total. The van der Waals surface area contributed by atoms with Gasteiger partial charge in [-0.25, -0.2) is 9.78 Å². The van der Waals surface area contributed by atoms with Crippen molar-refractivity contribution in [1.82, 2.24) is 10.3 Å². The van der Waals surface area contributed by atoms with E-state index in [9.17, 15) is 9.59 Å². The van der Waals surface area contributed by atoms with E-state index < -0.39 is 5.97 Å². The second kappa shape index (κ2) is 8.67. The summed E-state index contributed by atoms with van der Waals surface area (Å²) < 4.78 is 0. The summed E-state index contributed by atoms with van der Waals surface area (Å²) in [5.74, 6) is -0.113. The maximum atomic E-state index is 11.8. The van der Waals surface area contributed by atoms with Crippen molar-refractivity contribution in [1.29, 1.82) is 0 Å². The predicted octanol–water partition coefficient (Wildman–Crippen LogP) is 2.81. The van der Waals surface area contributed by atoms with Crippen LogP contribution in [-0.2, 0) is 4.79 Å². The molecule has 21 heavy (non-hydrogen) atoms. The molecule has 0 saturated carbocycles. The number of hydrogen-bond acceptors (Lipinski definition) is 4. The lowest BCUT2D eigenvalue weighted by molar-refractivity contribution is -0.119. The Hall–Kier alpha value is -1.56. The lowest BCUT2D eigenvalue weighted by Crippen LogP contribution is -2.34. The Morgan fingerprint density at radius 2 is 2.00 bits per heavy atom. The molecule has 116 valence electrons. The highest BCUT2D eigenvalue weighted by Gasteiger charge is 2.09. The summed E-state index contributed by atoms with van der Waals surface area (Å²) in [4.78, 5) is 26.5. The number of nitrogens with zero attached hydrogens (tertiary/aromatic N) is 1. The van der Waals surface area contributed by atoms with Crippen LogP contribution >= 0.6 is 11.8 Å². The predicted molar refractivity (Wildman–Crippen MR) is 83.6 cm³/mol. The van der Waals surface area contributed by atoms with E-state index in [1.54, 1.807) is 6.07 Å². The molecule has 1 heterocycles. The Kier molecular flexibility index (Phi) is 7.22. The molecule has 0 aliphatic rings. The van der Waals surface area contributed by atoms with E-state index in [2.05, 4.69) is 24.1 Å². The summed E-state index contributed by atoms with van der Waals surface area (Å²) in [6, 6.07) is 3.27. The molecule has 1 rings (SSSR count). The van der Waals surface area contributed by atoms with E-state index >= 15 is 0 Å². The number of carboxylic acid groups (broad SMARTS) is 1. The Labute approximate surface area is 129 Å². The third-order valence-corrected chi connectivity index (χ3v) is 3.86. The van der Waals surface area contributed by atoms with E-state index in [1.165, 1.54) is 24.0 Å². The molecule has 2 N–H and O–H groups in total. The fraction of sp³-hybridized carbons (Fsp3) is 0.533. The molecular weight excluding hydrogens is 288 g/mol. The molecule has 1 aromatic rings. The summed E-state index contributed by atoms with van der Waals surface area (Å²) in [7, 11) is 0. The largest absolute Gasteiger partial charge is 0.478 e. The molecule has 0 aliphatic heterocycles. The zero-order valence-electron chi connectivity index (χ0n) is 12.6. The highest BCUT2D eigenvalue weighted by atomic mass is 32.2. The number of hydrogen-bond donors (Lipinski definition) is 2. The fourth-order valence-electron chi connectivity index (χ4n) is 1.70. The van der Waals surface area contributed by atoms with Crippen molar-refractivity contribution in [2.24, 2.45) is 5.92 Å². The van der Waals surface area contributed by atoms with Crippen molar-refractivity contribution >= 4 is 23.6 Å². The van der Waals surface area contributed by atoms with Crippen LogP contribution in [0.4, 0.5) is 0 Å². The number of carbonyl (C=O) groups is 2. The molecule has 6 heteroatoms. The molecule has 1 atom stereocenters. The van der Waals surface area contributed by atoms with Gasteiger partial charge >= 0.3 is 5.97 Å². The van der Waals surface area contributed by atoms with Crippen LogP contribution in [0.2, 0.25) is 0 Å². The smallest absolute Gasteiger partial charge is 0.337 e. The Morgan fingerprint density at radius 3 is 2.52 bits per heavy atom. The number of carbonyl (C=O) groups excluding carboxylic acids is 1. The van der Waals surface area contributed by atoms with Gasteiger partial charge < -0.3 is 10.4 Å². The Bertz CT molecular complexity index is 474. The first-order valence-electron chi connectivity index (χ1n) is 7.00. The lowest BCUT2D eigenvalue weighted by Gasteiger charge is -2.14. The minimum Gasteiger partial charge on any atom is -0.478 e. The number of thioether (sulfide) groups is 1. The molecular formula is C15H22N2O3S. The Morgan fingerprint density at radius 1 is 1.29 bits per heavy atom. The highest BCUT2D eigenvalue weighted by Crippen LogP contribution is 2.15. The number of aromatic carboxylic acids is 1. The average molecular weight is 310 g/mol. The number of amides is 1. The molecule has 0 radical (unpaired) electrons. The van der Waals surface area contributed by atoms with Gasteiger partial charge in [0.05, 0.1) is 16.3 Å². The fourth-order valence-corrected chi connectivity index (χ4v) is 2.36. The zero-order valence-corrected chi connectivity index (χ0v) is 13.4. The van der Waals surface area contributed by atoms with Gasteiger partial charge in [-0.1, -0.05) is 25.6 Å². The molecule has 0 aromatic carbocycles. The van der Waals surface area contributed by atoms with E-state index in [0.29, 0.717) is 10.9 Å². The van der Waals surface area contributed by atoms with Gasteiger partial charge in [-0.2, -0.15) is 0 Å². The van der Waals surface area contributed by atoms with E-state index in [0.717, 1.165) is 12.8 Å². The first-order chi connectivity index (χ1) is 9.88. The van der Waals surface area contributed by atoms with Crippen molar-refractivity contribution in [3.63, 3.8) is 0 Å². The standard InChI is InChI=1S/C15H22N2O3S/c1-10(2)4-5-11(3)17-13(18)9-21-14-7-6-12(8-16-14)15(19)20/h6-8,10-11H,4-5,9H2,1-3H3,(H,17,18)(H,19,20). The minimum absolute atomic E-state index is 0.0274. The van der Waals surface area contributed by atoms with Gasteiger partial charge in [-0.05, 0) is 37.8 Å². The molecule has 1 amide bonds. The second-order valence-corrected chi connectivity index (χ2v) is 6.41. The van der Waals surface area contributed by atoms with Gasteiger partial charge in [0.25, 0.3) is 0 Å².